The molecule has 4 nitrogen and oxygen atoms in total. The highest BCUT2D eigenvalue weighted by Crippen LogP contribution is 2.32. The van der Waals surface area contributed by atoms with E-state index in [2.05, 4.69) is 26.6 Å². The monoisotopic (exact) mass is 350 g/mol. The minimum absolute atomic E-state index is 0.0304. The third-order valence-electron chi connectivity index (χ3n) is 3.00. The minimum Gasteiger partial charge on any atom is -0.380 e. The Bertz CT molecular complexity index is 478. The van der Waals surface area contributed by atoms with Crippen LogP contribution in [0.3, 0.4) is 0 Å². The minimum atomic E-state index is -0.465. The van der Waals surface area contributed by atoms with Crippen LogP contribution < -0.4 is 10.6 Å². The predicted molar refractivity (Wildman–Crippen MR) is 74.9 cm³/mol. The van der Waals surface area contributed by atoms with Crippen LogP contribution >= 0.6 is 27.5 Å². The lowest BCUT2D eigenvalue weighted by Gasteiger charge is -2.13. The first-order valence-electron chi connectivity index (χ1n) is 5.73. The summed E-state index contributed by atoms with van der Waals surface area (Å²) in [7, 11) is 1.61. The second kappa shape index (κ2) is 6.17. The van der Waals surface area contributed by atoms with Gasteiger partial charge in [0.1, 0.15) is 5.82 Å². The summed E-state index contributed by atoms with van der Waals surface area (Å²) in [6.45, 7) is 0.632. The largest absolute Gasteiger partial charge is 0.380 e. The van der Waals surface area contributed by atoms with Gasteiger partial charge in [-0.05, 0) is 34.5 Å². The zero-order valence-corrected chi connectivity index (χ0v) is 12.5. The first-order chi connectivity index (χ1) is 9.01. The number of ether oxygens (including phenoxy) is 1. The second-order valence-electron chi connectivity index (χ2n) is 4.29. The van der Waals surface area contributed by atoms with Gasteiger partial charge in [0.15, 0.2) is 0 Å². The molecule has 2 N–H and O–H groups in total. The number of halogens is 3. The van der Waals surface area contributed by atoms with Crippen molar-refractivity contribution in [2.75, 3.05) is 19.0 Å². The Morgan fingerprint density at radius 1 is 1.63 bits per heavy atom. The SMILES string of the molecule is COC1CNC(C(=O)Nc2c(Cl)cc(F)cc2Br)C1. The maximum Gasteiger partial charge on any atom is 0.241 e. The van der Waals surface area contributed by atoms with Gasteiger partial charge in [-0.1, -0.05) is 11.6 Å². The average Bonchev–Trinajstić information content (AvgIpc) is 2.82. The van der Waals surface area contributed by atoms with Crippen LogP contribution in [-0.4, -0.2) is 31.7 Å². The number of methoxy groups -OCH3 is 1. The highest BCUT2D eigenvalue weighted by molar-refractivity contribution is 9.10. The third-order valence-corrected chi connectivity index (χ3v) is 3.92. The van der Waals surface area contributed by atoms with Gasteiger partial charge in [-0.15, -0.1) is 0 Å². The molecule has 7 heteroatoms. The molecule has 0 bridgehead atoms. The zero-order chi connectivity index (χ0) is 14.0. The molecule has 1 aromatic carbocycles. The molecule has 0 aliphatic carbocycles. The zero-order valence-electron chi connectivity index (χ0n) is 10.2. The molecule has 1 aliphatic rings. The summed E-state index contributed by atoms with van der Waals surface area (Å²) in [6.07, 6.45) is 0.626. The molecule has 1 saturated heterocycles. The van der Waals surface area contributed by atoms with E-state index in [0.717, 1.165) is 6.07 Å². The number of carbonyl (C=O) groups excluding carboxylic acids is 1. The molecule has 19 heavy (non-hydrogen) atoms. The van der Waals surface area contributed by atoms with E-state index in [9.17, 15) is 9.18 Å². The molecule has 1 amide bonds. The lowest BCUT2D eigenvalue weighted by molar-refractivity contribution is -0.118. The molecule has 104 valence electrons. The summed E-state index contributed by atoms with van der Waals surface area (Å²) in [6, 6.07) is 2.07. The van der Waals surface area contributed by atoms with Gasteiger partial charge in [0, 0.05) is 18.1 Å². The number of hydrogen-bond acceptors (Lipinski definition) is 3. The fraction of sp³-hybridized carbons (Fsp3) is 0.417. The van der Waals surface area contributed by atoms with Crippen molar-refractivity contribution in [1.29, 1.82) is 0 Å². The Balaban J connectivity index is 2.08. The van der Waals surface area contributed by atoms with Crippen LogP contribution in [0.15, 0.2) is 16.6 Å². The van der Waals surface area contributed by atoms with Gasteiger partial charge in [-0.25, -0.2) is 4.39 Å². The quantitative estimate of drug-likeness (QED) is 0.880. The number of rotatable bonds is 3. The molecule has 2 rings (SSSR count). The molecule has 2 atom stereocenters. The van der Waals surface area contributed by atoms with Crippen molar-refractivity contribution in [3.05, 3.63) is 27.4 Å². The van der Waals surface area contributed by atoms with Crippen LogP contribution in [0.2, 0.25) is 5.02 Å². The summed E-state index contributed by atoms with van der Waals surface area (Å²) in [5, 5.41) is 5.90. The highest BCUT2D eigenvalue weighted by Gasteiger charge is 2.29. The Labute approximate surface area is 123 Å². The molecule has 0 radical (unpaired) electrons. The van der Waals surface area contributed by atoms with Crippen LogP contribution in [0.1, 0.15) is 6.42 Å². The predicted octanol–water partition coefficient (Wildman–Crippen LogP) is 2.56. The number of carbonyl (C=O) groups is 1. The van der Waals surface area contributed by atoms with Crippen LogP contribution in [0.4, 0.5) is 10.1 Å². The van der Waals surface area contributed by atoms with Crippen molar-refractivity contribution in [3.8, 4) is 0 Å². The number of nitrogens with one attached hydrogen (secondary N) is 2. The fourth-order valence-electron chi connectivity index (χ4n) is 1.95. The second-order valence-corrected chi connectivity index (χ2v) is 5.55. The van der Waals surface area contributed by atoms with Gasteiger partial charge >= 0.3 is 0 Å². The van der Waals surface area contributed by atoms with Crippen molar-refractivity contribution in [2.45, 2.75) is 18.6 Å². The molecule has 1 heterocycles. The van der Waals surface area contributed by atoms with Gasteiger partial charge in [0.25, 0.3) is 0 Å². The maximum absolute atomic E-state index is 13.1. The molecular weight excluding hydrogens is 338 g/mol. The summed E-state index contributed by atoms with van der Waals surface area (Å²) >= 11 is 9.09. The van der Waals surface area contributed by atoms with E-state index in [1.165, 1.54) is 6.07 Å². The van der Waals surface area contributed by atoms with Crippen LogP contribution in [0.25, 0.3) is 0 Å². The van der Waals surface area contributed by atoms with Crippen molar-refractivity contribution in [3.63, 3.8) is 0 Å². The number of amides is 1. The molecule has 1 fully saturated rings. The maximum atomic E-state index is 13.1. The molecule has 0 spiro atoms. The summed E-state index contributed by atoms with van der Waals surface area (Å²) in [5.74, 6) is -0.679. The van der Waals surface area contributed by atoms with Crippen LogP contribution in [0.5, 0.6) is 0 Å². The van der Waals surface area contributed by atoms with E-state index in [1.807, 2.05) is 0 Å². The molecule has 2 unspecified atom stereocenters. The topological polar surface area (TPSA) is 50.4 Å². The van der Waals surface area contributed by atoms with Crippen molar-refractivity contribution < 1.29 is 13.9 Å². The lowest BCUT2D eigenvalue weighted by Crippen LogP contribution is -2.35. The van der Waals surface area contributed by atoms with Crippen LogP contribution in [-0.2, 0) is 9.53 Å². The Hall–Kier alpha value is -0.690. The van der Waals surface area contributed by atoms with Gasteiger partial charge in [-0.3, -0.25) is 4.79 Å². The van der Waals surface area contributed by atoms with E-state index in [4.69, 9.17) is 16.3 Å². The summed E-state index contributed by atoms with van der Waals surface area (Å²) < 4.78 is 18.7. The first kappa shape index (κ1) is 14.7. The number of benzene rings is 1. The summed E-state index contributed by atoms with van der Waals surface area (Å²) in [4.78, 5) is 12.1. The van der Waals surface area contributed by atoms with Gasteiger partial charge in [0.2, 0.25) is 5.91 Å². The summed E-state index contributed by atoms with van der Waals surface area (Å²) in [5.41, 5.74) is 0.371. The Kier molecular flexibility index (Phi) is 4.78. The molecule has 0 aromatic heterocycles. The molecular formula is C12H13BrClFN2O2. The third kappa shape index (κ3) is 3.45. The van der Waals surface area contributed by atoms with E-state index in [1.54, 1.807) is 7.11 Å². The molecule has 1 aliphatic heterocycles. The highest BCUT2D eigenvalue weighted by atomic mass is 79.9. The fourth-order valence-corrected chi connectivity index (χ4v) is 2.85. The average molecular weight is 352 g/mol. The van der Waals surface area contributed by atoms with E-state index >= 15 is 0 Å². The van der Waals surface area contributed by atoms with E-state index in [0.29, 0.717) is 23.1 Å². The molecule has 0 saturated carbocycles. The smallest absolute Gasteiger partial charge is 0.241 e. The standard InChI is InChI=1S/C12H13BrClFN2O2/c1-19-7-4-10(16-5-7)12(18)17-11-8(13)2-6(15)3-9(11)14/h2-3,7,10,16H,4-5H2,1H3,(H,17,18). The van der Waals surface area contributed by atoms with Gasteiger partial charge in [-0.2, -0.15) is 0 Å². The van der Waals surface area contributed by atoms with E-state index < -0.39 is 5.82 Å². The van der Waals surface area contributed by atoms with Crippen LogP contribution in [0, 0.1) is 5.82 Å². The molecule has 1 aromatic rings. The number of anilines is 1. The number of hydrogen-bond donors (Lipinski definition) is 2. The van der Waals surface area contributed by atoms with Gasteiger partial charge in [0.05, 0.1) is 22.9 Å². The van der Waals surface area contributed by atoms with Gasteiger partial charge < -0.3 is 15.4 Å². The Morgan fingerprint density at radius 2 is 2.37 bits per heavy atom. The van der Waals surface area contributed by atoms with Crippen molar-refractivity contribution >= 4 is 39.1 Å². The first-order valence-corrected chi connectivity index (χ1v) is 6.90. The van der Waals surface area contributed by atoms with E-state index in [-0.39, 0.29) is 23.1 Å². The van der Waals surface area contributed by atoms with Crippen molar-refractivity contribution in [1.82, 2.24) is 5.32 Å². The normalized spacial score (nSPS) is 22.5. The van der Waals surface area contributed by atoms with Crippen molar-refractivity contribution in [2.24, 2.45) is 0 Å². The Morgan fingerprint density at radius 3 is 2.95 bits per heavy atom. The lowest BCUT2D eigenvalue weighted by atomic mass is 10.2.